The molecule has 0 fully saturated rings. The lowest BCUT2D eigenvalue weighted by atomic mass is 10.0. The van der Waals surface area contributed by atoms with Crippen LogP contribution in [-0.4, -0.2) is 19.1 Å². The van der Waals surface area contributed by atoms with Gasteiger partial charge in [-0.2, -0.15) is 0 Å². The summed E-state index contributed by atoms with van der Waals surface area (Å²) in [5.41, 5.74) is 4.80. The van der Waals surface area contributed by atoms with Crippen molar-refractivity contribution in [1.29, 1.82) is 0 Å². The Morgan fingerprint density at radius 1 is 1.09 bits per heavy atom. The summed E-state index contributed by atoms with van der Waals surface area (Å²) in [5.74, 6) is 2.10. The minimum Gasteiger partial charge on any atom is -0.330 e. The number of hydrogen-bond donors (Lipinski definition) is 0. The van der Waals surface area contributed by atoms with Gasteiger partial charge in [-0.05, 0) is 33.3 Å². The second-order valence-electron chi connectivity index (χ2n) is 5.62. The number of benzene rings is 1. The van der Waals surface area contributed by atoms with Gasteiger partial charge < -0.3 is 9.13 Å². The largest absolute Gasteiger partial charge is 0.330 e. The van der Waals surface area contributed by atoms with Crippen LogP contribution in [0.5, 0.6) is 0 Å². The lowest BCUT2D eigenvalue weighted by Gasteiger charge is -2.08. The van der Waals surface area contributed by atoms with Gasteiger partial charge in [0.05, 0.1) is 12.2 Å². The molecular weight excluding hydrogens is 272 g/mol. The van der Waals surface area contributed by atoms with E-state index in [9.17, 15) is 0 Å². The fourth-order valence-corrected chi connectivity index (χ4v) is 2.95. The normalized spacial score (nSPS) is 11.1. The van der Waals surface area contributed by atoms with Crippen molar-refractivity contribution in [1.82, 2.24) is 19.1 Å². The first kappa shape index (κ1) is 14.6. The van der Waals surface area contributed by atoms with Gasteiger partial charge in [0.15, 0.2) is 0 Å². The Morgan fingerprint density at radius 2 is 1.86 bits per heavy atom. The van der Waals surface area contributed by atoms with Gasteiger partial charge in [0.25, 0.3) is 0 Å². The fraction of sp³-hybridized carbons (Fsp3) is 0.333. The topological polar surface area (TPSA) is 35.6 Å². The summed E-state index contributed by atoms with van der Waals surface area (Å²) in [7, 11) is 0. The lowest BCUT2D eigenvalue weighted by molar-refractivity contribution is 0.631. The average Bonchev–Trinajstić information content (AvgIpc) is 3.04. The molecule has 3 aromatic rings. The summed E-state index contributed by atoms with van der Waals surface area (Å²) in [6, 6.07) is 8.43. The standard InChI is InChI=1S/C18H22N4/c1-5-22-14(3)18(16-9-7-6-8-13(16)2)20-17(22)12-21-11-10-19-15(21)4/h6-11H,5,12H2,1-4H3. The summed E-state index contributed by atoms with van der Waals surface area (Å²) in [6.07, 6.45) is 3.84. The van der Waals surface area contributed by atoms with E-state index in [1.165, 1.54) is 16.8 Å². The number of nitrogens with zero attached hydrogens (tertiary/aromatic N) is 4. The molecule has 2 aromatic heterocycles. The Morgan fingerprint density at radius 3 is 2.50 bits per heavy atom. The van der Waals surface area contributed by atoms with Crippen LogP contribution in [0.3, 0.4) is 0 Å². The predicted octanol–water partition coefficient (Wildman–Crippen LogP) is 3.74. The highest BCUT2D eigenvalue weighted by Crippen LogP contribution is 2.27. The first-order valence-corrected chi connectivity index (χ1v) is 7.71. The van der Waals surface area contributed by atoms with E-state index >= 15 is 0 Å². The highest BCUT2D eigenvalue weighted by Gasteiger charge is 2.16. The molecule has 0 amide bonds. The monoisotopic (exact) mass is 294 g/mol. The van der Waals surface area contributed by atoms with E-state index in [1.54, 1.807) is 0 Å². The zero-order valence-electron chi connectivity index (χ0n) is 13.7. The molecule has 0 aliphatic heterocycles. The molecule has 0 bridgehead atoms. The Hall–Kier alpha value is -2.36. The third-order valence-electron chi connectivity index (χ3n) is 4.25. The van der Waals surface area contributed by atoms with Gasteiger partial charge in [-0.25, -0.2) is 9.97 Å². The maximum absolute atomic E-state index is 4.94. The first-order valence-electron chi connectivity index (χ1n) is 7.71. The van der Waals surface area contributed by atoms with Crippen LogP contribution < -0.4 is 0 Å². The Kier molecular flexibility index (Phi) is 3.84. The van der Waals surface area contributed by atoms with Gasteiger partial charge in [0.2, 0.25) is 0 Å². The van der Waals surface area contributed by atoms with Crippen LogP contribution in [0.1, 0.15) is 29.8 Å². The third kappa shape index (κ3) is 2.45. The van der Waals surface area contributed by atoms with Crippen molar-refractivity contribution in [3.8, 4) is 11.3 Å². The van der Waals surface area contributed by atoms with Crippen LogP contribution in [-0.2, 0) is 13.1 Å². The Bertz CT molecular complexity index is 795. The van der Waals surface area contributed by atoms with Crippen molar-refractivity contribution in [2.75, 3.05) is 0 Å². The number of rotatable bonds is 4. The van der Waals surface area contributed by atoms with Crippen molar-refractivity contribution in [2.45, 2.75) is 40.8 Å². The zero-order chi connectivity index (χ0) is 15.7. The molecule has 4 heteroatoms. The smallest absolute Gasteiger partial charge is 0.129 e. The molecule has 114 valence electrons. The number of aryl methyl sites for hydroxylation is 2. The quantitative estimate of drug-likeness (QED) is 0.735. The summed E-state index contributed by atoms with van der Waals surface area (Å²) >= 11 is 0. The number of hydrogen-bond acceptors (Lipinski definition) is 2. The van der Waals surface area contributed by atoms with Crippen LogP contribution in [0.15, 0.2) is 36.7 Å². The molecule has 22 heavy (non-hydrogen) atoms. The van der Waals surface area contributed by atoms with Crippen molar-refractivity contribution in [3.63, 3.8) is 0 Å². The van der Waals surface area contributed by atoms with Gasteiger partial charge in [0, 0.05) is 30.2 Å². The molecule has 0 aliphatic rings. The van der Waals surface area contributed by atoms with Crippen LogP contribution in [0.25, 0.3) is 11.3 Å². The van der Waals surface area contributed by atoms with Crippen molar-refractivity contribution in [3.05, 3.63) is 59.6 Å². The van der Waals surface area contributed by atoms with E-state index in [2.05, 4.69) is 59.2 Å². The van der Waals surface area contributed by atoms with Gasteiger partial charge in [-0.15, -0.1) is 0 Å². The molecular formula is C18H22N4. The van der Waals surface area contributed by atoms with Crippen LogP contribution in [0.4, 0.5) is 0 Å². The molecule has 2 heterocycles. The molecule has 0 saturated heterocycles. The number of imidazole rings is 2. The summed E-state index contributed by atoms with van der Waals surface area (Å²) in [4.78, 5) is 9.24. The molecule has 3 rings (SSSR count). The summed E-state index contributed by atoms with van der Waals surface area (Å²) < 4.78 is 4.43. The molecule has 0 radical (unpaired) electrons. The van der Waals surface area contributed by atoms with E-state index in [1.807, 2.05) is 19.3 Å². The van der Waals surface area contributed by atoms with Crippen LogP contribution >= 0.6 is 0 Å². The third-order valence-corrected chi connectivity index (χ3v) is 4.25. The van der Waals surface area contributed by atoms with Gasteiger partial charge in [-0.3, -0.25) is 0 Å². The predicted molar refractivity (Wildman–Crippen MR) is 88.9 cm³/mol. The summed E-state index contributed by atoms with van der Waals surface area (Å²) in [6.45, 7) is 10.2. The molecule has 0 N–H and O–H groups in total. The second kappa shape index (κ2) is 5.79. The Balaban J connectivity index is 2.07. The maximum atomic E-state index is 4.94. The first-order chi connectivity index (χ1) is 10.6. The van der Waals surface area contributed by atoms with Crippen LogP contribution in [0.2, 0.25) is 0 Å². The van der Waals surface area contributed by atoms with Crippen molar-refractivity contribution >= 4 is 0 Å². The average molecular weight is 294 g/mol. The molecule has 0 aliphatic carbocycles. The molecule has 1 aromatic carbocycles. The summed E-state index contributed by atoms with van der Waals surface area (Å²) in [5, 5.41) is 0. The molecule has 4 nitrogen and oxygen atoms in total. The molecule has 0 atom stereocenters. The van der Waals surface area contributed by atoms with Gasteiger partial charge in [0.1, 0.15) is 11.6 Å². The molecule has 0 saturated carbocycles. The molecule has 0 spiro atoms. The maximum Gasteiger partial charge on any atom is 0.129 e. The van der Waals surface area contributed by atoms with E-state index in [4.69, 9.17) is 4.98 Å². The molecule has 0 unspecified atom stereocenters. The van der Waals surface area contributed by atoms with Crippen molar-refractivity contribution in [2.24, 2.45) is 0 Å². The number of aromatic nitrogens is 4. The van der Waals surface area contributed by atoms with Crippen LogP contribution in [0, 0.1) is 20.8 Å². The van der Waals surface area contributed by atoms with E-state index < -0.39 is 0 Å². The SMILES string of the molecule is CCn1c(Cn2ccnc2C)nc(-c2ccccc2C)c1C. The van der Waals surface area contributed by atoms with Crippen molar-refractivity contribution < 1.29 is 0 Å². The fourth-order valence-electron chi connectivity index (χ4n) is 2.95. The van der Waals surface area contributed by atoms with Gasteiger partial charge >= 0.3 is 0 Å². The van der Waals surface area contributed by atoms with Gasteiger partial charge in [-0.1, -0.05) is 24.3 Å². The minimum absolute atomic E-state index is 0.756. The van der Waals surface area contributed by atoms with E-state index in [0.29, 0.717) is 0 Å². The lowest BCUT2D eigenvalue weighted by Crippen LogP contribution is -2.09. The highest BCUT2D eigenvalue weighted by atomic mass is 15.1. The minimum atomic E-state index is 0.756. The highest BCUT2D eigenvalue weighted by molar-refractivity contribution is 5.66. The van der Waals surface area contributed by atoms with E-state index in [-0.39, 0.29) is 0 Å². The van der Waals surface area contributed by atoms with E-state index in [0.717, 1.165) is 30.4 Å². The second-order valence-corrected chi connectivity index (χ2v) is 5.62. The zero-order valence-corrected chi connectivity index (χ0v) is 13.7. The Labute approximate surface area is 131 Å².